The maximum atomic E-state index is 12.9. The third-order valence-electron chi connectivity index (χ3n) is 2.35. The van der Waals surface area contributed by atoms with Crippen LogP contribution in [0.4, 0.5) is 10.1 Å². The highest BCUT2D eigenvalue weighted by Gasteiger charge is 2.35. The normalized spacial score (nSPS) is 16.2. The van der Waals surface area contributed by atoms with Gasteiger partial charge in [0.15, 0.2) is 0 Å². The largest absolute Gasteiger partial charge is 0.303 e. The van der Waals surface area contributed by atoms with Crippen LogP contribution in [0, 0.1) is 5.82 Å². The van der Waals surface area contributed by atoms with Crippen molar-refractivity contribution in [3.63, 3.8) is 0 Å². The van der Waals surface area contributed by atoms with Crippen LogP contribution in [-0.2, 0) is 10.2 Å². The highest BCUT2D eigenvalue weighted by Crippen LogP contribution is 2.26. The number of nitrogens with zero attached hydrogens (tertiary/aromatic N) is 2. The van der Waals surface area contributed by atoms with Crippen molar-refractivity contribution in [3.8, 4) is 0 Å². The minimum absolute atomic E-state index is 0.0923. The van der Waals surface area contributed by atoms with Gasteiger partial charge >= 0.3 is 10.2 Å². The molecule has 0 radical (unpaired) electrons. The van der Waals surface area contributed by atoms with E-state index >= 15 is 0 Å². The number of hydrogen-bond donors (Lipinski definition) is 0. The molecule has 0 saturated carbocycles. The van der Waals surface area contributed by atoms with Crippen molar-refractivity contribution in [2.24, 2.45) is 0 Å². The Morgan fingerprint density at radius 1 is 1.44 bits per heavy atom. The third-order valence-corrected chi connectivity index (χ3v) is 4.56. The van der Waals surface area contributed by atoms with Crippen LogP contribution in [0.25, 0.3) is 0 Å². The summed E-state index contributed by atoms with van der Waals surface area (Å²) < 4.78 is 38.9. The zero-order chi connectivity index (χ0) is 11.9. The molecule has 1 heterocycles. The number of rotatable bonds is 3. The molecule has 7 heteroatoms. The van der Waals surface area contributed by atoms with Gasteiger partial charge < -0.3 is 0 Å². The Balaban J connectivity index is 2.33. The van der Waals surface area contributed by atoms with Crippen molar-refractivity contribution in [1.29, 1.82) is 0 Å². The summed E-state index contributed by atoms with van der Waals surface area (Å²) >= 11 is 5.59. The van der Waals surface area contributed by atoms with Gasteiger partial charge in [-0.3, -0.25) is 4.31 Å². The summed E-state index contributed by atoms with van der Waals surface area (Å²) in [6.45, 7) is 1.06. The fourth-order valence-corrected chi connectivity index (χ4v) is 2.70. The van der Waals surface area contributed by atoms with Crippen molar-refractivity contribution in [2.75, 3.05) is 24.4 Å². The van der Waals surface area contributed by atoms with E-state index in [0.717, 1.165) is 10.4 Å². The van der Waals surface area contributed by atoms with Gasteiger partial charge in [0.1, 0.15) is 5.82 Å². The molecule has 1 aliphatic rings. The lowest BCUT2D eigenvalue weighted by atomic mass is 10.3. The Kier molecular flexibility index (Phi) is 2.81. The third kappa shape index (κ3) is 2.00. The lowest BCUT2D eigenvalue weighted by Crippen LogP contribution is -2.32. The van der Waals surface area contributed by atoms with Crippen molar-refractivity contribution < 1.29 is 12.8 Å². The van der Waals surface area contributed by atoms with Gasteiger partial charge in [0.25, 0.3) is 0 Å². The molecule has 2 rings (SSSR count). The van der Waals surface area contributed by atoms with Crippen molar-refractivity contribution >= 4 is 27.5 Å². The number of anilines is 1. The van der Waals surface area contributed by atoms with Crippen molar-refractivity contribution in [1.82, 2.24) is 4.31 Å². The quantitative estimate of drug-likeness (QED) is 0.776. The zero-order valence-corrected chi connectivity index (χ0v) is 10.1. The minimum Gasteiger partial charge on any atom is -0.261 e. The van der Waals surface area contributed by atoms with Gasteiger partial charge in [0.2, 0.25) is 0 Å². The molecule has 0 atom stereocenters. The summed E-state index contributed by atoms with van der Waals surface area (Å²) in [5.41, 5.74) is 0.346. The van der Waals surface area contributed by atoms with Crippen molar-refractivity contribution in [3.05, 3.63) is 29.0 Å². The highest BCUT2D eigenvalue weighted by molar-refractivity contribution is 7.90. The molecule has 0 bridgehead atoms. The average Bonchev–Trinajstić information content (AvgIpc) is 3.04. The van der Waals surface area contributed by atoms with Crippen LogP contribution < -0.4 is 4.31 Å². The molecule has 1 saturated heterocycles. The molecular weight excluding hydrogens is 255 g/mol. The lowest BCUT2D eigenvalue weighted by Gasteiger charge is -2.19. The summed E-state index contributed by atoms with van der Waals surface area (Å²) in [6.07, 6.45) is 0. The number of hydrogen-bond acceptors (Lipinski definition) is 2. The Morgan fingerprint density at radius 3 is 2.56 bits per heavy atom. The summed E-state index contributed by atoms with van der Waals surface area (Å²) in [5.74, 6) is -0.567. The SMILES string of the molecule is CN(c1ccc(F)c(Cl)c1)S(=O)(=O)N1CC1. The molecular formula is C9H10ClFN2O2S. The van der Waals surface area contributed by atoms with Gasteiger partial charge in [-0.05, 0) is 18.2 Å². The summed E-state index contributed by atoms with van der Waals surface area (Å²) in [5, 5.41) is -0.0923. The summed E-state index contributed by atoms with van der Waals surface area (Å²) in [6, 6.07) is 3.81. The van der Waals surface area contributed by atoms with E-state index in [4.69, 9.17) is 11.6 Å². The molecule has 1 aromatic rings. The predicted molar refractivity (Wildman–Crippen MR) is 60.3 cm³/mol. The van der Waals surface area contributed by atoms with Crippen LogP contribution in [0.5, 0.6) is 0 Å². The van der Waals surface area contributed by atoms with Crippen LogP contribution in [0.1, 0.15) is 0 Å². The maximum absolute atomic E-state index is 12.9. The molecule has 1 aliphatic heterocycles. The first kappa shape index (κ1) is 11.6. The molecule has 0 unspecified atom stereocenters. The van der Waals surface area contributed by atoms with Gasteiger partial charge in [-0.25, -0.2) is 4.39 Å². The molecule has 0 aliphatic carbocycles. The van der Waals surface area contributed by atoms with Crippen LogP contribution >= 0.6 is 11.6 Å². The highest BCUT2D eigenvalue weighted by atomic mass is 35.5. The Morgan fingerprint density at radius 2 is 2.06 bits per heavy atom. The maximum Gasteiger partial charge on any atom is 0.303 e. The Hall–Kier alpha value is -0.850. The number of benzene rings is 1. The van der Waals surface area contributed by atoms with Crippen LogP contribution in [0.2, 0.25) is 5.02 Å². The number of halogens is 2. The van der Waals surface area contributed by atoms with E-state index in [1.54, 1.807) is 0 Å². The molecule has 0 amide bonds. The molecule has 0 aromatic heterocycles. The zero-order valence-electron chi connectivity index (χ0n) is 8.52. The van der Waals surface area contributed by atoms with Gasteiger partial charge in [0.05, 0.1) is 10.7 Å². The van der Waals surface area contributed by atoms with E-state index in [-0.39, 0.29) is 5.02 Å². The predicted octanol–water partition coefficient (Wildman–Crippen LogP) is 1.48. The van der Waals surface area contributed by atoms with Crippen LogP contribution in [-0.4, -0.2) is 32.9 Å². The smallest absolute Gasteiger partial charge is 0.261 e. The second-order valence-electron chi connectivity index (χ2n) is 3.47. The minimum atomic E-state index is -3.46. The molecule has 4 nitrogen and oxygen atoms in total. The van der Waals surface area contributed by atoms with E-state index in [1.807, 2.05) is 0 Å². The van der Waals surface area contributed by atoms with Gasteiger partial charge in [0, 0.05) is 20.1 Å². The Bertz CT molecular complexity index is 516. The molecule has 0 N–H and O–H groups in total. The first-order chi connectivity index (χ1) is 7.43. The average molecular weight is 265 g/mol. The van der Waals surface area contributed by atoms with Gasteiger partial charge in [-0.1, -0.05) is 11.6 Å². The van der Waals surface area contributed by atoms with E-state index in [0.29, 0.717) is 18.8 Å². The Labute approximate surface area is 98.4 Å². The van der Waals surface area contributed by atoms with E-state index in [2.05, 4.69) is 0 Å². The topological polar surface area (TPSA) is 40.4 Å². The fraction of sp³-hybridized carbons (Fsp3) is 0.333. The monoisotopic (exact) mass is 264 g/mol. The van der Waals surface area contributed by atoms with E-state index in [9.17, 15) is 12.8 Å². The first-order valence-corrected chi connectivity index (χ1v) is 6.39. The van der Waals surface area contributed by atoms with Crippen LogP contribution in [0.3, 0.4) is 0 Å². The van der Waals surface area contributed by atoms with Gasteiger partial charge in [-0.2, -0.15) is 12.7 Å². The fourth-order valence-electron chi connectivity index (χ4n) is 1.26. The molecule has 1 aromatic carbocycles. The molecule has 0 spiro atoms. The van der Waals surface area contributed by atoms with Gasteiger partial charge in [-0.15, -0.1) is 0 Å². The van der Waals surface area contributed by atoms with E-state index in [1.165, 1.54) is 23.5 Å². The lowest BCUT2D eigenvalue weighted by molar-refractivity contribution is 0.561. The molecule has 16 heavy (non-hydrogen) atoms. The van der Waals surface area contributed by atoms with Crippen LogP contribution in [0.15, 0.2) is 18.2 Å². The van der Waals surface area contributed by atoms with Crippen molar-refractivity contribution in [2.45, 2.75) is 0 Å². The van der Waals surface area contributed by atoms with E-state index < -0.39 is 16.0 Å². The molecule has 1 fully saturated rings. The summed E-state index contributed by atoms with van der Waals surface area (Å²) in [4.78, 5) is 0. The second-order valence-corrected chi connectivity index (χ2v) is 5.84. The standard InChI is InChI=1S/C9H10ClFN2O2S/c1-12(16(14,15)13-4-5-13)7-2-3-9(11)8(10)6-7/h2-3,6H,4-5H2,1H3. The first-order valence-electron chi connectivity index (χ1n) is 4.62. The summed E-state index contributed by atoms with van der Waals surface area (Å²) in [7, 11) is -2.05. The second kappa shape index (κ2) is 3.87. The molecule has 88 valence electrons.